The Morgan fingerprint density at radius 1 is 1.18 bits per heavy atom. The summed E-state index contributed by atoms with van der Waals surface area (Å²) in [6, 6.07) is 7.85. The predicted molar refractivity (Wildman–Crippen MR) is 88.8 cm³/mol. The zero-order valence-electron chi connectivity index (χ0n) is 11.1. The summed E-state index contributed by atoms with van der Waals surface area (Å²) < 4.78 is 1.94. The van der Waals surface area contributed by atoms with Crippen molar-refractivity contribution in [3.8, 4) is 11.3 Å². The molecule has 0 spiro atoms. The van der Waals surface area contributed by atoms with Crippen LogP contribution in [-0.4, -0.2) is 32.8 Å². The lowest BCUT2D eigenvalue weighted by Gasteiger charge is -2.27. The van der Waals surface area contributed by atoms with E-state index in [4.69, 9.17) is 22.4 Å². The first kappa shape index (κ1) is 14.7. The average molecular weight is 317 g/mol. The Hall–Kier alpha value is -2.18. The Morgan fingerprint density at radius 2 is 1.91 bits per heavy atom. The zero-order chi connectivity index (χ0) is 14.4. The molecule has 3 N–H and O–H groups in total. The summed E-state index contributed by atoms with van der Waals surface area (Å²) in [6.45, 7) is 1.78. The maximum absolute atomic E-state index is 6.05. The van der Waals surface area contributed by atoms with Crippen molar-refractivity contribution in [1.82, 2.24) is 25.1 Å². The van der Waals surface area contributed by atoms with Crippen LogP contribution in [0.4, 0.5) is 5.82 Å². The molecule has 0 aliphatic carbocycles. The van der Waals surface area contributed by atoms with Gasteiger partial charge >= 0.3 is 0 Å². The van der Waals surface area contributed by atoms with E-state index in [1.54, 1.807) is 0 Å². The summed E-state index contributed by atoms with van der Waals surface area (Å²) in [5.74, 6) is 0.448. The van der Waals surface area contributed by atoms with Crippen LogP contribution in [-0.2, 0) is 0 Å². The molecule has 1 saturated heterocycles. The molecular weight excluding hydrogens is 300 g/mol. The second-order valence-electron chi connectivity index (χ2n) is 5.07. The van der Waals surface area contributed by atoms with Crippen molar-refractivity contribution in [2.75, 3.05) is 18.8 Å². The Bertz CT molecular complexity index is 807. The Balaban J connectivity index is 0.00000144. The first-order chi connectivity index (χ1) is 10.2. The molecule has 6 nitrogen and oxygen atoms in total. The quantitative estimate of drug-likeness (QED) is 0.759. The SMILES string of the molecule is C.Nc1ncnc2c1c(-c1ccc(Cl)cc1)nn2C1CNC1. The standard InChI is InChI=1S/C14H13ClN6.CH4/c15-9-3-1-8(2-4-9)12-11-13(16)18-7-19-14(11)21(20-12)10-5-17-6-10;/h1-4,7,10,17H,5-6H2,(H2,16,18,19);1H4. The van der Waals surface area contributed by atoms with Gasteiger partial charge in [-0.25, -0.2) is 14.6 Å². The van der Waals surface area contributed by atoms with Crippen molar-refractivity contribution in [3.05, 3.63) is 35.6 Å². The zero-order valence-corrected chi connectivity index (χ0v) is 11.9. The lowest BCUT2D eigenvalue weighted by Crippen LogP contribution is -2.43. The Kier molecular flexibility index (Phi) is 3.72. The molecule has 1 aliphatic heterocycles. The summed E-state index contributed by atoms with van der Waals surface area (Å²) in [4.78, 5) is 8.46. The summed E-state index contributed by atoms with van der Waals surface area (Å²) in [5, 5.41) is 9.45. The average Bonchev–Trinajstić information content (AvgIpc) is 2.79. The number of rotatable bonds is 2. The van der Waals surface area contributed by atoms with Crippen LogP contribution in [0, 0.1) is 0 Å². The van der Waals surface area contributed by atoms with Gasteiger partial charge in [0.1, 0.15) is 17.8 Å². The lowest BCUT2D eigenvalue weighted by molar-refractivity contribution is 0.325. The first-order valence-electron chi connectivity index (χ1n) is 6.69. The number of aromatic nitrogens is 4. The molecule has 0 atom stereocenters. The number of nitrogens with one attached hydrogen (secondary N) is 1. The third-order valence-corrected chi connectivity index (χ3v) is 3.99. The number of fused-ring (bicyclic) bond motifs is 1. The topological polar surface area (TPSA) is 81.7 Å². The number of nitrogens with zero attached hydrogens (tertiary/aromatic N) is 4. The third-order valence-electron chi connectivity index (χ3n) is 3.74. The molecule has 3 aromatic rings. The largest absolute Gasteiger partial charge is 0.383 e. The van der Waals surface area contributed by atoms with Gasteiger partial charge < -0.3 is 11.1 Å². The molecule has 0 amide bonds. The predicted octanol–water partition coefficient (Wildman–Crippen LogP) is 2.51. The molecule has 2 aromatic heterocycles. The van der Waals surface area contributed by atoms with Crippen molar-refractivity contribution >= 4 is 28.5 Å². The fourth-order valence-corrected chi connectivity index (χ4v) is 2.63. The number of benzene rings is 1. The Morgan fingerprint density at radius 3 is 2.55 bits per heavy atom. The summed E-state index contributed by atoms with van der Waals surface area (Å²) >= 11 is 5.95. The fraction of sp³-hybridized carbons (Fsp3) is 0.267. The van der Waals surface area contributed by atoms with Crippen LogP contribution < -0.4 is 11.1 Å². The summed E-state index contributed by atoms with van der Waals surface area (Å²) in [5.41, 5.74) is 8.58. The second kappa shape index (κ2) is 5.55. The molecule has 7 heteroatoms. The number of nitrogen functional groups attached to an aromatic ring is 1. The highest BCUT2D eigenvalue weighted by atomic mass is 35.5. The number of anilines is 1. The van der Waals surface area contributed by atoms with Gasteiger partial charge in [-0.2, -0.15) is 5.10 Å². The van der Waals surface area contributed by atoms with E-state index in [1.165, 1.54) is 6.33 Å². The van der Waals surface area contributed by atoms with E-state index in [9.17, 15) is 0 Å². The molecule has 0 bridgehead atoms. The highest BCUT2D eigenvalue weighted by Crippen LogP contribution is 2.32. The minimum absolute atomic E-state index is 0. The monoisotopic (exact) mass is 316 g/mol. The third kappa shape index (κ3) is 2.20. The van der Waals surface area contributed by atoms with Crippen LogP contribution in [0.2, 0.25) is 5.02 Å². The number of halogens is 1. The normalized spacial score (nSPS) is 14.6. The molecule has 22 heavy (non-hydrogen) atoms. The van der Waals surface area contributed by atoms with Crippen LogP contribution in [0.3, 0.4) is 0 Å². The molecule has 1 fully saturated rings. The van der Waals surface area contributed by atoms with Crippen molar-refractivity contribution in [3.63, 3.8) is 0 Å². The second-order valence-corrected chi connectivity index (χ2v) is 5.51. The van der Waals surface area contributed by atoms with E-state index in [0.29, 0.717) is 16.9 Å². The van der Waals surface area contributed by atoms with E-state index < -0.39 is 0 Å². The van der Waals surface area contributed by atoms with Crippen molar-refractivity contribution in [2.45, 2.75) is 13.5 Å². The van der Waals surface area contributed by atoms with Crippen molar-refractivity contribution in [2.24, 2.45) is 0 Å². The van der Waals surface area contributed by atoms with Gasteiger partial charge in [0.05, 0.1) is 11.4 Å². The Labute approximate surface area is 133 Å². The van der Waals surface area contributed by atoms with Gasteiger partial charge in [-0.15, -0.1) is 0 Å². The molecule has 3 heterocycles. The molecule has 0 saturated carbocycles. The van der Waals surface area contributed by atoms with Crippen LogP contribution in [0.5, 0.6) is 0 Å². The summed E-state index contributed by atoms with van der Waals surface area (Å²) in [6.07, 6.45) is 1.48. The maximum atomic E-state index is 6.05. The minimum Gasteiger partial charge on any atom is -0.383 e. The highest BCUT2D eigenvalue weighted by molar-refractivity contribution is 6.30. The number of hydrogen-bond donors (Lipinski definition) is 2. The van der Waals surface area contributed by atoms with Crippen LogP contribution >= 0.6 is 11.6 Å². The van der Waals surface area contributed by atoms with Gasteiger partial charge in [0.15, 0.2) is 5.65 Å². The lowest BCUT2D eigenvalue weighted by atomic mass is 10.1. The molecule has 0 unspecified atom stereocenters. The summed E-state index contributed by atoms with van der Waals surface area (Å²) in [7, 11) is 0. The van der Waals surface area contributed by atoms with Crippen LogP contribution in [0.25, 0.3) is 22.3 Å². The molecule has 4 rings (SSSR count). The van der Waals surface area contributed by atoms with Gasteiger partial charge in [-0.1, -0.05) is 31.2 Å². The molecular formula is C15H17ClN6. The molecule has 114 valence electrons. The van der Waals surface area contributed by atoms with E-state index in [-0.39, 0.29) is 7.43 Å². The van der Waals surface area contributed by atoms with Gasteiger partial charge in [0.2, 0.25) is 0 Å². The first-order valence-corrected chi connectivity index (χ1v) is 7.07. The maximum Gasteiger partial charge on any atom is 0.164 e. The van der Waals surface area contributed by atoms with Gasteiger partial charge in [0.25, 0.3) is 0 Å². The van der Waals surface area contributed by atoms with Gasteiger partial charge in [0, 0.05) is 23.7 Å². The molecule has 1 aliphatic rings. The van der Waals surface area contributed by atoms with Crippen LogP contribution in [0.15, 0.2) is 30.6 Å². The number of hydrogen-bond acceptors (Lipinski definition) is 5. The fourth-order valence-electron chi connectivity index (χ4n) is 2.51. The minimum atomic E-state index is 0. The van der Waals surface area contributed by atoms with Gasteiger partial charge in [-0.05, 0) is 12.1 Å². The molecule has 1 aromatic carbocycles. The molecule has 0 radical (unpaired) electrons. The van der Waals surface area contributed by atoms with E-state index in [0.717, 1.165) is 35.4 Å². The van der Waals surface area contributed by atoms with Gasteiger partial charge in [-0.3, -0.25) is 0 Å². The van der Waals surface area contributed by atoms with Crippen molar-refractivity contribution < 1.29 is 0 Å². The number of nitrogens with two attached hydrogens (primary N) is 1. The van der Waals surface area contributed by atoms with E-state index in [2.05, 4.69) is 15.3 Å². The van der Waals surface area contributed by atoms with E-state index in [1.807, 2.05) is 28.9 Å². The highest BCUT2D eigenvalue weighted by Gasteiger charge is 2.25. The van der Waals surface area contributed by atoms with Crippen molar-refractivity contribution in [1.29, 1.82) is 0 Å². The smallest absolute Gasteiger partial charge is 0.164 e. The van der Waals surface area contributed by atoms with Crippen LogP contribution in [0.1, 0.15) is 13.5 Å². The van der Waals surface area contributed by atoms with E-state index >= 15 is 0 Å².